The van der Waals surface area contributed by atoms with E-state index in [0.29, 0.717) is 18.1 Å². The maximum atomic E-state index is 12.3. The van der Waals surface area contributed by atoms with Gasteiger partial charge in [-0.2, -0.15) is 0 Å². The van der Waals surface area contributed by atoms with Crippen LogP contribution in [0.5, 0.6) is 0 Å². The van der Waals surface area contributed by atoms with Gasteiger partial charge in [0.15, 0.2) is 11.5 Å². The van der Waals surface area contributed by atoms with Crippen LogP contribution in [0, 0.1) is 6.92 Å². The minimum atomic E-state index is -0.438. The summed E-state index contributed by atoms with van der Waals surface area (Å²) in [4.78, 5) is 22.5. The molecule has 0 aliphatic rings. The number of carbonyl (C=O) groups excluding carboxylic acids is 1. The standard InChI is InChI=1S/C16H20N4O2/c1-5-22-16(21)14-15(17-10-19(3)4)18-11-20(14)13-8-6-12(2)7-9-13/h6-11H,5H2,1-4H3/b17-10+. The number of nitrogens with zero attached hydrogens (tertiary/aromatic N) is 4. The van der Waals surface area contributed by atoms with Crippen LogP contribution in [0.2, 0.25) is 0 Å². The van der Waals surface area contributed by atoms with E-state index in [0.717, 1.165) is 11.3 Å². The monoisotopic (exact) mass is 300 g/mol. The third kappa shape index (κ3) is 3.52. The second-order valence-electron chi connectivity index (χ2n) is 5.05. The van der Waals surface area contributed by atoms with Crippen LogP contribution in [0.15, 0.2) is 35.6 Å². The summed E-state index contributed by atoms with van der Waals surface area (Å²) < 4.78 is 6.83. The normalized spacial score (nSPS) is 10.9. The van der Waals surface area contributed by atoms with Crippen LogP contribution in [0.1, 0.15) is 23.0 Å². The molecule has 0 saturated carbocycles. The van der Waals surface area contributed by atoms with Gasteiger partial charge in [0.05, 0.1) is 12.9 Å². The van der Waals surface area contributed by atoms with Crippen LogP contribution >= 0.6 is 0 Å². The van der Waals surface area contributed by atoms with E-state index in [-0.39, 0.29) is 0 Å². The van der Waals surface area contributed by atoms with Gasteiger partial charge in [-0.15, -0.1) is 0 Å². The quantitative estimate of drug-likeness (QED) is 0.484. The lowest BCUT2D eigenvalue weighted by atomic mass is 10.2. The third-order valence-corrected chi connectivity index (χ3v) is 2.94. The molecule has 116 valence electrons. The van der Waals surface area contributed by atoms with Crippen molar-refractivity contribution in [3.63, 3.8) is 0 Å². The topological polar surface area (TPSA) is 59.7 Å². The number of rotatable bonds is 5. The largest absolute Gasteiger partial charge is 0.461 e. The lowest BCUT2D eigenvalue weighted by Gasteiger charge is -2.08. The lowest BCUT2D eigenvalue weighted by Crippen LogP contribution is -2.12. The third-order valence-electron chi connectivity index (χ3n) is 2.94. The maximum absolute atomic E-state index is 12.3. The molecular weight excluding hydrogens is 280 g/mol. The first-order chi connectivity index (χ1) is 10.5. The van der Waals surface area contributed by atoms with Crippen molar-refractivity contribution in [2.45, 2.75) is 13.8 Å². The molecule has 6 heteroatoms. The van der Waals surface area contributed by atoms with Crippen LogP contribution < -0.4 is 0 Å². The molecule has 0 saturated heterocycles. The Kier molecular flexibility index (Phi) is 4.93. The molecule has 0 N–H and O–H groups in total. The lowest BCUT2D eigenvalue weighted by molar-refractivity contribution is 0.0518. The zero-order chi connectivity index (χ0) is 16.1. The smallest absolute Gasteiger partial charge is 0.359 e. The number of aryl methyl sites for hydroxylation is 1. The van der Waals surface area contributed by atoms with Gasteiger partial charge in [0.2, 0.25) is 0 Å². The number of aromatic nitrogens is 2. The highest BCUT2D eigenvalue weighted by Crippen LogP contribution is 2.22. The molecule has 22 heavy (non-hydrogen) atoms. The second-order valence-corrected chi connectivity index (χ2v) is 5.05. The van der Waals surface area contributed by atoms with Crippen molar-refractivity contribution in [3.8, 4) is 5.69 Å². The molecule has 0 bridgehead atoms. The van der Waals surface area contributed by atoms with Crippen LogP contribution in [-0.4, -0.2) is 47.5 Å². The van der Waals surface area contributed by atoms with Crippen LogP contribution in [0.3, 0.4) is 0 Å². The van der Waals surface area contributed by atoms with Crippen molar-refractivity contribution in [1.82, 2.24) is 14.5 Å². The minimum Gasteiger partial charge on any atom is -0.461 e. The number of carbonyl (C=O) groups is 1. The summed E-state index contributed by atoms with van der Waals surface area (Å²) >= 11 is 0. The van der Waals surface area contributed by atoms with Crippen molar-refractivity contribution in [2.75, 3.05) is 20.7 Å². The molecule has 0 amide bonds. The first-order valence-corrected chi connectivity index (χ1v) is 7.05. The zero-order valence-corrected chi connectivity index (χ0v) is 13.3. The van der Waals surface area contributed by atoms with E-state index in [1.165, 1.54) is 0 Å². The number of imidazole rings is 1. The molecule has 0 radical (unpaired) electrons. The number of hydrogen-bond donors (Lipinski definition) is 0. The van der Waals surface area contributed by atoms with Gasteiger partial charge in [0, 0.05) is 19.8 Å². The predicted octanol–water partition coefficient (Wildman–Crippen LogP) is 2.58. The Morgan fingerprint density at radius 2 is 2.05 bits per heavy atom. The van der Waals surface area contributed by atoms with Gasteiger partial charge in [-0.1, -0.05) is 17.7 Å². The summed E-state index contributed by atoms with van der Waals surface area (Å²) in [6.07, 6.45) is 3.18. The first-order valence-electron chi connectivity index (χ1n) is 7.05. The Balaban J connectivity index is 2.49. The number of benzene rings is 1. The van der Waals surface area contributed by atoms with Crippen LogP contribution in [-0.2, 0) is 4.74 Å². The molecule has 2 rings (SSSR count). The molecule has 1 aromatic carbocycles. The number of esters is 1. The highest BCUT2D eigenvalue weighted by Gasteiger charge is 2.20. The predicted molar refractivity (Wildman–Crippen MR) is 86.1 cm³/mol. The molecule has 2 aromatic rings. The van der Waals surface area contributed by atoms with Gasteiger partial charge in [-0.05, 0) is 26.0 Å². The van der Waals surface area contributed by atoms with Crippen LogP contribution in [0.4, 0.5) is 5.82 Å². The summed E-state index contributed by atoms with van der Waals surface area (Å²) in [5.41, 5.74) is 2.31. The Morgan fingerprint density at radius 1 is 1.36 bits per heavy atom. The van der Waals surface area contributed by atoms with E-state index in [9.17, 15) is 4.79 Å². The van der Waals surface area contributed by atoms with Crippen molar-refractivity contribution >= 4 is 18.1 Å². The Labute approximate surface area is 130 Å². The fraction of sp³-hybridized carbons (Fsp3) is 0.312. The highest BCUT2D eigenvalue weighted by molar-refractivity contribution is 5.93. The van der Waals surface area contributed by atoms with Gasteiger partial charge in [0.1, 0.15) is 6.33 Å². The summed E-state index contributed by atoms with van der Waals surface area (Å²) in [6, 6.07) is 7.82. The van der Waals surface area contributed by atoms with E-state index in [2.05, 4.69) is 9.98 Å². The first kappa shape index (κ1) is 15.8. The molecule has 1 heterocycles. The Hall–Kier alpha value is -2.63. The molecule has 0 atom stereocenters. The Morgan fingerprint density at radius 3 is 2.64 bits per heavy atom. The molecular formula is C16H20N4O2. The number of hydrogen-bond acceptors (Lipinski definition) is 4. The summed E-state index contributed by atoms with van der Waals surface area (Å²) in [6.45, 7) is 4.08. The SMILES string of the molecule is CCOC(=O)c1c(/N=C/N(C)C)ncn1-c1ccc(C)cc1. The molecule has 1 aromatic heterocycles. The summed E-state index contributed by atoms with van der Waals surface area (Å²) in [7, 11) is 3.70. The fourth-order valence-corrected chi connectivity index (χ4v) is 1.89. The average molecular weight is 300 g/mol. The van der Waals surface area contributed by atoms with Crippen LogP contribution in [0.25, 0.3) is 5.69 Å². The molecule has 0 aliphatic heterocycles. The van der Waals surface area contributed by atoms with Gasteiger partial charge >= 0.3 is 5.97 Å². The van der Waals surface area contributed by atoms with Gasteiger partial charge < -0.3 is 9.64 Å². The summed E-state index contributed by atoms with van der Waals surface area (Å²) in [5.74, 6) is -0.0980. The number of aliphatic imine (C=N–C) groups is 1. The maximum Gasteiger partial charge on any atom is 0.359 e. The fourth-order valence-electron chi connectivity index (χ4n) is 1.89. The Bertz CT molecular complexity index is 672. The minimum absolute atomic E-state index is 0.300. The van der Waals surface area contributed by atoms with Gasteiger partial charge in [-0.25, -0.2) is 14.8 Å². The van der Waals surface area contributed by atoms with E-state index >= 15 is 0 Å². The van der Waals surface area contributed by atoms with Crippen molar-refractivity contribution in [3.05, 3.63) is 41.9 Å². The van der Waals surface area contributed by atoms with Gasteiger partial charge in [-0.3, -0.25) is 4.57 Å². The van der Waals surface area contributed by atoms with E-state index in [1.807, 2.05) is 45.3 Å². The molecule has 0 aliphatic carbocycles. The zero-order valence-electron chi connectivity index (χ0n) is 13.3. The molecule has 6 nitrogen and oxygen atoms in total. The van der Waals surface area contributed by atoms with E-state index < -0.39 is 5.97 Å². The highest BCUT2D eigenvalue weighted by atomic mass is 16.5. The second kappa shape index (κ2) is 6.89. The van der Waals surface area contributed by atoms with Crippen molar-refractivity contribution in [1.29, 1.82) is 0 Å². The number of ether oxygens (including phenoxy) is 1. The average Bonchev–Trinajstić information content (AvgIpc) is 2.90. The molecule has 0 fully saturated rings. The van der Waals surface area contributed by atoms with E-state index in [1.54, 1.807) is 29.1 Å². The summed E-state index contributed by atoms with van der Waals surface area (Å²) in [5, 5.41) is 0. The molecule has 0 unspecified atom stereocenters. The van der Waals surface area contributed by atoms with Crippen molar-refractivity contribution in [2.24, 2.45) is 4.99 Å². The molecule has 0 spiro atoms. The van der Waals surface area contributed by atoms with Gasteiger partial charge in [0.25, 0.3) is 0 Å². The van der Waals surface area contributed by atoms with Crippen molar-refractivity contribution < 1.29 is 9.53 Å². The van der Waals surface area contributed by atoms with E-state index in [4.69, 9.17) is 4.74 Å².